The number of β-amino-alcohol motifs (C(OH)–C–C–N with tert-alkyl or cyclic N) is 1. The molecule has 0 saturated carbocycles. The van der Waals surface area contributed by atoms with Crippen molar-refractivity contribution in [3.05, 3.63) is 47.5 Å². The lowest BCUT2D eigenvalue weighted by atomic mass is 9.97. The van der Waals surface area contributed by atoms with Crippen LogP contribution in [-0.4, -0.2) is 77.8 Å². The third-order valence-electron chi connectivity index (χ3n) is 6.05. The number of aliphatic hydroxyl groups is 2. The Hall–Kier alpha value is -2.94. The highest BCUT2D eigenvalue weighted by Crippen LogP contribution is 2.34. The summed E-state index contributed by atoms with van der Waals surface area (Å²) in [6.07, 6.45) is 1.05. The molecule has 1 atom stereocenters. The van der Waals surface area contributed by atoms with Crippen LogP contribution in [0.15, 0.2) is 40.9 Å². The van der Waals surface area contributed by atoms with Gasteiger partial charge in [-0.3, -0.25) is 0 Å². The summed E-state index contributed by atoms with van der Waals surface area (Å²) < 4.78 is 11.6. The van der Waals surface area contributed by atoms with Crippen LogP contribution in [0.3, 0.4) is 0 Å². The molecule has 0 amide bonds. The van der Waals surface area contributed by atoms with Crippen LogP contribution in [0, 0.1) is 0 Å². The van der Waals surface area contributed by atoms with Crippen molar-refractivity contribution in [3.63, 3.8) is 0 Å². The van der Waals surface area contributed by atoms with E-state index in [1.165, 1.54) is 11.1 Å². The highest BCUT2D eigenvalue weighted by atomic mass is 16.5. The van der Waals surface area contributed by atoms with Crippen molar-refractivity contribution in [1.29, 1.82) is 0 Å². The molecule has 2 N–H and O–H groups in total. The Bertz CT molecular complexity index is 1110. The molecule has 3 aromatic rings. The number of ether oxygens (including phenoxy) is 1. The minimum absolute atomic E-state index is 0.0794. The number of anilines is 1. The average molecular weight is 467 g/mol. The van der Waals surface area contributed by atoms with Gasteiger partial charge in [-0.25, -0.2) is 0 Å². The molecule has 1 aliphatic rings. The summed E-state index contributed by atoms with van der Waals surface area (Å²) in [4.78, 5) is 8.94. The van der Waals surface area contributed by atoms with Gasteiger partial charge in [-0.1, -0.05) is 23.4 Å². The van der Waals surface area contributed by atoms with Gasteiger partial charge in [0.05, 0.1) is 24.5 Å². The van der Waals surface area contributed by atoms with Crippen molar-refractivity contribution < 1.29 is 19.5 Å². The normalized spacial score (nSPS) is 15.1. The lowest BCUT2D eigenvalue weighted by molar-refractivity contribution is 0.0605. The van der Waals surface area contributed by atoms with Crippen molar-refractivity contribution in [1.82, 2.24) is 15.0 Å². The fraction of sp³-hybridized carbons (Fsp3) is 0.462. The maximum absolute atomic E-state index is 9.84. The van der Waals surface area contributed by atoms with E-state index >= 15 is 0 Å². The van der Waals surface area contributed by atoms with Crippen molar-refractivity contribution in [3.8, 4) is 28.6 Å². The van der Waals surface area contributed by atoms with Gasteiger partial charge in [0.25, 0.3) is 5.89 Å². The summed E-state index contributed by atoms with van der Waals surface area (Å²) in [7, 11) is 3.96. The van der Waals surface area contributed by atoms with E-state index in [1.807, 2.05) is 63.2 Å². The van der Waals surface area contributed by atoms with Gasteiger partial charge < -0.3 is 29.3 Å². The number of hydrogen-bond acceptors (Lipinski definition) is 8. The fourth-order valence-corrected chi connectivity index (χ4v) is 4.38. The van der Waals surface area contributed by atoms with Gasteiger partial charge in [0.15, 0.2) is 0 Å². The summed E-state index contributed by atoms with van der Waals surface area (Å²) in [5.41, 5.74) is 5.24. The Balaban J connectivity index is 1.60. The van der Waals surface area contributed by atoms with Crippen molar-refractivity contribution in [2.24, 2.45) is 0 Å². The first-order valence-electron chi connectivity index (χ1n) is 11.8. The molecule has 0 spiro atoms. The standard InChI is InChI=1S/C26H34N4O4/c1-17(2)33-24-9-8-19(14-23(24)29(3)4)26-27-25(28-34-26)22-7-5-6-18-10-12-30(13-11-21(18)22)15-20(32)16-31/h5-9,14,17,20,31-32H,10-13,15-16H2,1-4H3. The van der Waals surface area contributed by atoms with E-state index < -0.39 is 6.10 Å². The molecule has 8 heteroatoms. The molecule has 2 aromatic carbocycles. The van der Waals surface area contributed by atoms with Gasteiger partial charge in [0.1, 0.15) is 5.75 Å². The van der Waals surface area contributed by atoms with Gasteiger partial charge in [-0.15, -0.1) is 0 Å². The second-order valence-corrected chi connectivity index (χ2v) is 9.25. The molecule has 0 fully saturated rings. The van der Waals surface area contributed by atoms with Gasteiger partial charge in [-0.05, 0) is 56.0 Å². The molecule has 2 heterocycles. The SMILES string of the molecule is CC(C)Oc1ccc(-c2nc(-c3cccc4c3CCN(CC(O)CO)CC4)no2)cc1N(C)C. The Morgan fingerprint density at radius 3 is 2.68 bits per heavy atom. The number of benzene rings is 2. The molecule has 1 unspecified atom stereocenters. The predicted octanol–water partition coefficient (Wildman–Crippen LogP) is 3.01. The monoisotopic (exact) mass is 466 g/mol. The van der Waals surface area contributed by atoms with Crippen molar-refractivity contribution in [2.45, 2.75) is 38.9 Å². The Morgan fingerprint density at radius 1 is 1.15 bits per heavy atom. The lowest BCUT2D eigenvalue weighted by Gasteiger charge is -2.21. The van der Waals surface area contributed by atoms with E-state index in [-0.39, 0.29) is 12.7 Å². The van der Waals surface area contributed by atoms with E-state index in [2.05, 4.69) is 16.1 Å². The molecule has 182 valence electrons. The molecule has 0 aliphatic carbocycles. The molecule has 4 rings (SSSR count). The first kappa shape index (κ1) is 24.2. The summed E-state index contributed by atoms with van der Waals surface area (Å²) in [5, 5.41) is 23.3. The fourth-order valence-electron chi connectivity index (χ4n) is 4.38. The van der Waals surface area contributed by atoms with Crippen LogP contribution in [0.25, 0.3) is 22.8 Å². The minimum Gasteiger partial charge on any atom is -0.489 e. The zero-order valence-corrected chi connectivity index (χ0v) is 20.4. The number of nitrogens with zero attached hydrogens (tertiary/aromatic N) is 4. The Labute approximate surface area is 200 Å². The van der Waals surface area contributed by atoms with Gasteiger partial charge >= 0.3 is 0 Å². The largest absolute Gasteiger partial charge is 0.489 e. The molecular weight excluding hydrogens is 432 g/mol. The van der Waals surface area contributed by atoms with Crippen LogP contribution < -0.4 is 9.64 Å². The molecule has 8 nitrogen and oxygen atoms in total. The Kier molecular flexibility index (Phi) is 7.50. The number of rotatable bonds is 8. The zero-order chi connectivity index (χ0) is 24.2. The third-order valence-corrected chi connectivity index (χ3v) is 6.05. The van der Waals surface area contributed by atoms with Crippen LogP contribution in [0.1, 0.15) is 25.0 Å². The Morgan fingerprint density at radius 2 is 1.94 bits per heavy atom. The quantitative estimate of drug-likeness (QED) is 0.523. The van der Waals surface area contributed by atoms with E-state index in [4.69, 9.17) is 14.2 Å². The second-order valence-electron chi connectivity index (χ2n) is 9.25. The van der Waals surface area contributed by atoms with Gasteiger partial charge in [0.2, 0.25) is 5.82 Å². The van der Waals surface area contributed by atoms with Crippen molar-refractivity contribution >= 4 is 5.69 Å². The first-order chi connectivity index (χ1) is 16.4. The van der Waals surface area contributed by atoms with E-state index in [9.17, 15) is 10.2 Å². The topological polar surface area (TPSA) is 95.1 Å². The highest BCUT2D eigenvalue weighted by Gasteiger charge is 2.22. The molecule has 34 heavy (non-hydrogen) atoms. The van der Waals surface area contributed by atoms with Gasteiger partial charge in [0, 0.05) is 44.9 Å². The average Bonchev–Trinajstić information content (AvgIpc) is 3.21. The lowest BCUT2D eigenvalue weighted by Crippen LogP contribution is -2.36. The van der Waals surface area contributed by atoms with Crippen LogP contribution in [0.2, 0.25) is 0 Å². The summed E-state index contributed by atoms with van der Waals surface area (Å²) >= 11 is 0. The number of fused-ring (bicyclic) bond motifs is 1. The first-order valence-corrected chi connectivity index (χ1v) is 11.8. The van der Waals surface area contributed by atoms with E-state index in [0.29, 0.717) is 18.3 Å². The highest BCUT2D eigenvalue weighted by molar-refractivity contribution is 5.70. The molecule has 1 aliphatic heterocycles. The minimum atomic E-state index is -0.718. The third kappa shape index (κ3) is 5.41. The van der Waals surface area contributed by atoms with E-state index in [0.717, 1.165) is 48.5 Å². The van der Waals surface area contributed by atoms with Crippen molar-refractivity contribution in [2.75, 3.05) is 45.2 Å². The maximum Gasteiger partial charge on any atom is 0.258 e. The summed E-state index contributed by atoms with van der Waals surface area (Å²) in [6, 6.07) is 12.1. The van der Waals surface area contributed by atoms with Crippen LogP contribution in [0.5, 0.6) is 5.75 Å². The number of aliphatic hydroxyl groups excluding tert-OH is 2. The molecule has 0 radical (unpaired) electrons. The van der Waals surface area contributed by atoms with Crippen LogP contribution in [-0.2, 0) is 12.8 Å². The maximum atomic E-state index is 9.84. The molecule has 0 saturated heterocycles. The molecule has 1 aromatic heterocycles. The van der Waals surface area contributed by atoms with Crippen LogP contribution >= 0.6 is 0 Å². The summed E-state index contributed by atoms with van der Waals surface area (Å²) in [6.45, 7) is 5.90. The molecule has 0 bridgehead atoms. The predicted molar refractivity (Wildman–Crippen MR) is 132 cm³/mol. The number of hydrogen-bond donors (Lipinski definition) is 2. The van der Waals surface area contributed by atoms with Gasteiger partial charge in [-0.2, -0.15) is 4.98 Å². The second kappa shape index (κ2) is 10.5. The van der Waals surface area contributed by atoms with E-state index in [1.54, 1.807) is 0 Å². The summed E-state index contributed by atoms with van der Waals surface area (Å²) in [5.74, 6) is 1.85. The number of aromatic nitrogens is 2. The van der Waals surface area contributed by atoms with Crippen LogP contribution in [0.4, 0.5) is 5.69 Å². The molecular formula is C26H34N4O4. The zero-order valence-electron chi connectivity index (χ0n) is 20.4. The smallest absolute Gasteiger partial charge is 0.258 e.